The topological polar surface area (TPSA) is 88.2 Å². The van der Waals surface area contributed by atoms with Crippen molar-refractivity contribution in [3.63, 3.8) is 0 Å². The summed E-state index contributed by atoms with van der Waals surface area (Å²) in [6, 6.07) is 12.4. The van der Waals surface area contributed by atoms with E-state index < -0.39 is 23.5 Å². The number of hydrogen-bond acceptors (Lipinski definition) is 5. The molecule has 2 aromatic carbocycles. The number of ether oxygens (including phenoxy) is 2. The van der Waals surface area contributed by atoms with Crippen LogP contribution < -0.4 is 5.32 Å². The van der Waals surface area contributed by atoms with E-state index in [0.717, 1.165) is 18.4 Å². The number of nitrogens with zero attached hydrogens (tertiary/aromatic N) is 2. The Kier molecular flexibility index (Phi) is 7.26. The summed E-state index contributed by atoms with van der Waals surface area (Å²) in [6.45, 7) is 3.55. The highest BCUT2D eigenvalue weighted by atomic mass is 19.1. The van der Waals surface area contributed by atoms with Gasteiger partial charge in [0.15, 0.2) is 0 Å². The van der Waals surface area contributed by atoms with E-state index in [0.29, 0.717) is 31.6 Å². The zero-order chi connectivity index (χ0) is 26.0. The molecule has 3 aliphatic rings. The highest BCUT2D eigenvalue weighted by Gasteiger charge is 2.54. The van der Waals surface area contributed by atoms with Gasteiger partial charge in [-0.15, -0.1) is 0 Å². The van der Waals surface area contributed by atoms with Crippen LogP contribution in [-0.2, 0) is 14.3 Å². The smallest absolute Gasteiger partial charge is 0.257 e. The fourth-order valence-corrected chi connectivity index (χ4v) is 5.51. The molecular formula is C28H32FN3O5. The Morgan fingerprint density at radius 1 is 1.03 bits per heavy atom. The molecule has 0 unspecified atom stereocenters. The van der Waals surface area contributed by atoms with Crippen LogP contribution in [-0.4, -0.2) is 78.2 Å². The number of nitrogens with one attached hydrogen (secondary N) is 1. The number of rotatable bonds is 5. The Balaban J connectivity index is 1.36. The number of likely N-dealkylation sites (tertiary alicyclic amines) is 1. The molecule has 3 saturated heterocycles. The number of amides is 3. The largest absolute Gasteiger partial charge is 0.376 e. The Morgan fingerprint density at radius 2 is 1.73 bits per heavy atom. The third-order valence-corrected chi connectivity index (χ3v) is 7.62. The summed E-state index contributed by atoms with van der Waals surface area (Å²) in [6.07, 6.45) is 2.48. The molecule has 3 amide bonds. The fraction of sp³-hybridized carbons (Fsp3) is 0.464. The molecule has 9 heteroatoms. The Morgan fingerprint density at radius 3 is 2.41 bits per heavy atom. The van der Waals surface area contributed by atoms with Crippen molar-refractivity contribution in [3.05, 3.63) is 71.0 Å². The molecule has 0 saturated carbocycles. The van der Waals surface area contributed by atoms with E-state index in [1.807, 2.05) is 19.1 Å². The van der Waals surface area contributed by atoms with Gasteiger partial charge in [-0.25, -0.2) is 4.39 Å². The molecule has 0 aliphatic carbocycles. The highest BCUT2D eigenvalue weighted by molar-refractivity contribution is 5.99. The predicted octanol–water partition coefficient (Wildman–Crippen LogP) is 2.90. The lowest BCUT2D eigenvalue weighted by molar-refractivity contribution is -0.128. The van der Waals surface area contributed by atoms with Crippen molar-refractivity contribution in [2.45, 2.75) is 50.5 Å². The van der Waals surface area contributed by atoms with Crippen molar-refractivity contribution in [1.82, 2.24) is 15.1 Å². The fourth-order valence-electron chi connectivity index (χ4n) is 5.51. The second-order valence-electron chi connectivity index (χ2n) is 9.92. The quantitative estimate of drug-likeness (QED) is 0.670. The molecule has 1 N–H and O–H groups in total. The molecule has 1 spiro atoms. The molecule has 3 aliphatic heterocycles. The monoisotopic (exact) mass is 509 g/mol. The Hall–Kier alpha value is -3.30. The van der Waals surface area contributed by atoms with Gasteiger partial charge in [0.25, 0.3) is 11.8 Å². The van der Waals surface area contributed by atoms with Crippen molar-refractivity contribution in [3.8, 4) is 0 Å². The third-order valence-electron chi connectivity index (χ3n) is 7.62. The van der Waals surface area contributed by atoms with Gasteiger partial charge in [-0.2, -0.15) is 0 Å². The van der Waals surface area contributed by atoms with Gasteiger partial charge in [-0.1, -0.05) is 30.3 Å². The molecule has 3 fully saturated rings. The van der Waals surface area contributed by atoms with Crippen LogP contribution in [0.1, 0.15) is 52.0 Å². The maximum absolute atomic E-state index is 14.2. The molecule has 0 radical (unpaired) electrons. The van der Waals surface area contributed by atoms with Gasteiger partial charge in [0.05, 0.1) is 18.3 Å². The van der Waals surface area contributed by atoms with Gasteiger partial charge >= 0.3 is 0 Å². The number of piperidine rings is 1. The number of hydrogen-bond donors (Lipinski definition) is 1. The van der Waals surface area contributed by atoms with Crippen LogP contribution in [0.25, 0.3) is 0 Å². The van der Waals surface area contributed by atoms with Crippen molar-refractivity contribution >= 4 is 17.7 Å². The van der Waals surface area contributed by atoms with Crippen LogP contribution in [0.4, 0.5) is 4.39 Å². The van der Waals surface area contributed by atoms with Crippen molar-refractivity contribution in [2.75, 3.05) is 32.8 Å². The summed E-state index contributed by atoms with van der Waals surface area (Å²) in [5.41, 5.74) is 0.302. The molecule has 5 rings (SSSR count). The second kappa shape index (κ2) is 10.6. The van der Waals surface area contributed by atoms with Gasteiger partial charge in [0.2, 0.25) is 5.91 Å². The zero-order valence-corrected chi connectivity index (χ0v) is 21.0. The van der Waals surface area contributed by atoms with Crippen molar-refractivity contribution < 1.29 is 28.2 Å². The van der Waals surface area contributed by atoms with E-state index in [2.05, 4.69) is 5.32 Å². The summed E-state index contributed by atoms with van der Waals surface area (Å²) in [5.74, 6) is -1.52. The number of halogens is 1. The first-order chi connectivity index (χ1) is 17.9. The van der Waals surface area contributed by atoms with Crippen LogP contribution in [0, 0.1) is 12.7 Å². The van der Waals surface area contributed by atoms with Gasteiger partial charge in [-0.3, -0.25) is 19.3 Å². The van der Waals surface area contributed by atoms with E-state index in [1.54, 1.807) is 34.1 Å². The molecule has 2 aromatic rings. The van der Waals surface area contributed by atoms with E-state index >= 15 is 0 Å². The number of aryl methyl sites for hydroxylation is 1. The second-order valence-corrected chi connectivity index (χ2v) is 9.92. The lowest BCUT2D eigenvalue weighted by atomic mass is 9.95. The molecule has 196 valence electrons. The SMILES string of the molecule is Cc1ccccc1C(=O)N1[C@@H](C(=O)NC[C@@H]2CCCO2)COC12CCN(C(=O)c1ccccc1F)CC2. The summed E-state index contributed by atoms with van der Waals surface area (Å²) in [4.78, 5) is 43.3. The van der Waals surface area contributed by atoms with Crippen LogP contribution in [0.2, 0.25) is 0 Å². The number of carbonyl (C=O) groups excluding carboxylic acids is 3. The molecule has 37 heavy (non-hydrogen) atoms. The zero-order valence-electron chi connectivity index (χ0n) is 21.0. The molecular weight excluding hydrogens is 477 g/mol. The number of carbonyl (C=O) groups is 3. The normalized spacial score (nSPS) is 22.9. The average molecular weight is 510 g/mol. The first-order valence-electron chi connectivity index (χ1n) is 12.9. The summed E-state index contributed by atoms with van der Waals surface area (Å²) in [5, 5.41) is 2.95. The lowest BCUT2D eigenvalue weighted by Gasteiger charge is -2.44. The summed E-state index contributed by atoms with van der Waals surface area (Å²) in [7, 11) is 0. The molecule has 0 aromatic heterocycles. The van der Waals surface area contributed by atoms with E-state index in [-0.39, 0.29) is 43.2 Å². The Labute approximate surface area is 215 Å². The molecule has 3 heterocycles. The van der Waals surface area contributed by atoms with Gasteiger partial charge in [0.1, 0.15) is 17.6 Å². The standard InChI is InChI=1S/C28H32FN3O5/c1-19-7-2-3-9-21(19)27(35)32-24(25(33)30-17-20-8-6-16-36-20)18-37-28(32)12-14-31(15-13-28)26(34)22-10-4-5-11-23(22)29/h2-5,7,9-11,20,24H,6,8,12-18H2,1H3,(H,30,33)/t20-,24+/m0/s1. The first kappa shape index (κ1) is 25.4. The van der Waals surface area contributed by atoms with Gasteiger partial charge < -0.3 is 19.7 Å². The van der Waals surface area contributed by atoms with E-state index in [4.69, 9.17) is 9.47 Å². The van der Waals surface area contributed by atoms with E-state index in [9.17, 15) is 18.8 Å². The van der Waals surface area contributed by atoms with Crippen LogP contribution >= 0.6 is 0 Å². The van der Waals surface area contributed by atoms with Crippen LogP contribution in [0.15, 0.2) is 48.5 Å². The molecule has 2 atom stereocenters. The van der Waals surface area contributed by atoms with Crippen molar-refractivity contribution in [2.24, 2.45) is 0 Å². The van der Waals surface area contributed by atoms with Crippen LogP contribution in [0.3, 0.4) is 0 Å². The lowest BCUT2D eigenvalue weighted by Crippen LogP contribution is -2.60. The maximum atomic E-state index is 14.2. The minimum absolute atomic E-state index is 0.0185. The predicted molar refractivity (Wildman–Crippen MR) is 133 cm³/mol. The minimum Gasteiger partial charge on any atom is -0.376 e. The van der Waals surface area contributed by atoms with Gasteiger partial charge in [0, 0.05) is 44.6 Å². The summed E-state index contributed by atoms with van der Waals surface area (Å²) >= 11 is 0. The first-order valence-corrected chi connectivity index (χ1v) is 12.9. The highest BCUT2D eigenvalue weighted by Crippen LogP contribution is 2.39. The number of benzene rings is 2. The third kappa shape index (κ3) is 4.98. The summed E-state index contributed by atoms with van der Waals surface area (Å²) < 4.78 is 26.1. The Bertz CT molecular complexity index is 1170. The molecule has 8 nitrogen and oxygen atoms in total. The van der Waals surface area contributed by atoms with Crippen molar-refractivity contribution in [1.29, 1.82) is 0 Å². The van der Waals surface area contributed by atoms with Crippen LogP contribution in [0.5, 0.6) is 0 Å². The average Bonchev–Trinajstić information content (AvgIpc) is 3.56. The maximum Gasteiger partial charge on any atom is 0.257 e. The van der Waals surface area contributed by atoms with E-state index in [1.165, 1.54) is 12.1 Å². The molecule has 0 bridgehead atoms. The van der Waals surface area contributed by atoms with Gasteiger partial charge in [-0.05, 0) is 43.5 Å². The minimum atomic E-state index is -1.03.